The summed E-state index contributed by atoms with van der Waals surface area (Å²) in [6.07, 6.45) is 2.16. The van der Waals surface area contributed by atoms with Crippen LogP contribution in [0.15, 0.2) is 35.6 Å². The van der Waals surface area contributed by atoms with Crippen molar-refractivity contribution in [3.05, 3.63) is 39.6 Å². The summed E-state index contributed by atoms with van der Waals surface area (Å²) in [5.41, 5.74) is 12.9. The highest BCUT2D eigenvalue weighted by Crippen LogP contribution is 2.27. The summed E-state index contributed by atoms with van der Waals surface area (Å²) in [4.78, 5) is 23.6. The van der Waals surface area contributed by atoms with Gasteiger partial charge in [-0.2, -0.15) is 5.10 Å². The van der Waals surface area contributed by atoms with Crippen LogP contribution in [0.25, 0.3) is 22.4 Å². The van der Waals surface area contributed by atoms with Gasteiger partial charge < -0.3 is 10.7 Å². The molecule has 0 saturated heterocycles. The highest BCUT2D eigenvalue weighted by molar-refractivity contribution is 14.1. The van der Waals surface area contributed by atoms with E-state index in [4.69, 9.17) is 5.73 Å². The highest BCUT2D eigenvalue weighted by Gasteiger charge is 2.22. The molecule has 25 heavy (non-hydrogen) atoms. The van der Waals surface area contributed by atoms with Crippen molar-refractivity contribution in [2.45, 2.75) is 13.3 Å². The van der Waals surface area contributed by atoms with Gasteiger partial charge >= 0.3 is 0 Å². The van der Waals surface area contributed by atoms with Crippen LogP contribution in [0, 0.1) is 9.49 Å². The first kappa shape index (κ1) is 16.0. The molecule has 1 atom stereocenters. The molecule has 8 heteroatoms. The van der Waals surface area contributed by atoms with E-state index in [2.05, 4.69) is 48.1 Å². The average molecular weight is 446 g/mol. The minimum atomic E-state index is -0.0546. The molecule has 0 fully saturated rings. The molecule has 0 bridgehead atoms. The molecule has 0 saturated carbocycles. The molecule has 4 N–H and O–H groups in total. The lowest BCUT2D eigenvalue weighted by molar-refractivity contribution is -0.121. The summed E-state index contributed by atoms with van der Waals surface area (Å²) in [6, 6.07) is 7.86. The van der Waals surface area contributed by atoms with E-state index in [1.54, 1.807) is 6.20 Å². The first-order chi connectivity index (χ1) is 12.0. The summed E-state index contributed by atoms with van der Waals surface area (Å²) < 4.78 is 0.990. The van der Waals surface area contributed by atoms with Crippen molar-refractivity contribution in [1.29, 1.82) is 0 Å². The fourth-order valence-corrected chi connectivity index (χ4v) is 3.39. The number of benzene rings is 1. The molecule has 2 aromatic heterocycles. The van der Waals surface area contributed by atoms with E-state index in [9.17, 15) is 4.79 Å². The van der Waals surface area contributed by atoms with Gasteiger partial charge in [0.25, 0.3) is 0 Å². The van der Waals surface area contributed by atoms with Crippen molar-refractivity contribution in [2.24, 2.45) is 11.0 Å². The van der Waals surface area contributed by atoms with Crippen LogP contribution in [0.1, 0.15) is 18.9 Å². The molecule has 126 valence electrons. The highest BCUT2D eigenvalue weighted by atomic mass is 127. The normalized spacial score (nSPS) is 17.4. The summed E-state index contributed by atoms with van der Waals surface area (Å²) in [5, 5.41) is 4.21. The number of carbonyl (C=O) groups is 1. The van der Waals surface area contributed by atoms with E-state index >= 15 is 0 Å². The van der Waals surface area contributed by atoms with E-state index in [0.29, 0.717) is 18.1 Å². The van der Waals surface area contributed by atoms with Gasteiger partial charge in [0.15, 0.2) is 0 Å². The number of imidazole rings is 1. The van der Waals surface area contributed by atoms with Gasteiger partial charge in [0.05, 0.1) is 22.3 Å². The standard InChI is InChI=1S/C17H15IN6O/c1-8-4-14(25)23-24-15(8)9-2-3-12-13(5-9)22-17(21-12)11-6-10(18)7-20-16(11)19/h2-3,5-8H,4H2,1H3,(H2,19,20)(H,21,22)(H,23,25). The number of halogens is 1. The quantitative estimate of drug-likeness (QED) is 0.526. The summed E-state index contributed by atoms with van der Waals surface area (Å²) in [6.45, 7) is 2.00. The van der Waals surface area contributed by atoms with Crippen LogP contribution in [-0.4, -0.2) is 26.6 Å². The number of fused-ring (bicyclic) bond motifs is 1. The number of carbonyl (C=O) groups excluding carboxylic acids is 1. The Labute approximate surface area is 157 Å². The number of H-pyrrole nitrogens is 1. The zero-order chi connectivity index (χ0) is 17.6. The van der Waals surface area contributed by atoms with Crippen LogP contribution < -0.4 is 11.2 Å². The monoisotopic (exact) mass is 446 g/mol. The van der Waals surface area contributed by atoms with Crippen molar-refractivity contribution in [1.82, 2.24) is 20.4 Å². The fraction of sp³-hybridized carbons (Fsp3) is 0.176. The van der Waals surface area contributed by atoms with Crippen LogP contribution in [0.4, 0.5) is 5.82 Å². The predicted octanol–water partition coefficient (Wildman–Crippen LogP) is 2.67. The molecule has 3 heterocycles. The Hall–Kier alpha value is -2.49. The van der Waals surface area contributed by atoms with Gasteiger partial charge in [0, 0.05) is 27.7 Å². The number of nitrogens with two attached hydrogens (primary N) is 1. The maximum atomic E-state index is 11.4. The summed E-state index contributed by atoms with van der Waals surface area (Å²) in [7, 11) is 0. The topological polar surface area (TPSA) is 109 Å². The van der Waals surface area contributed by atoms with Gasteiger partial charge in [-0.25, -0.2) is 15.4 Å². The zero-order valence-electron chi connectivity index (χ0n) is 13.4. The maximum Gasteiger partial charge on any atom is 0.240 e. The van der Waals surface area contributed by atoms with E-state index < -0.39 is 0 Å². The van der Waals surface area contributed by atoms with Crippen molar-refractivity contribution in [2.75, 3.05) is 5.73 Å². The minimum Gasteiger partial charge on any atom is -0.383 e. The van der Waals surface area contributed by atoms with E-state index in [0.717, 1.165) is 31.4 Å². The molecule has 7 nitrogen and oxygen atoms in total. The number of rotatable bonds is 2. The van der Waals surface area contributed by atoms with E-state index in [-0.39, 0.29) is 11.8 Å². The Morgan fingerprint density at radius 1 is 1.32 bits per heavy atom. The number of nitrogen functional groups attached to an aromatic ring is 1. The summed E-state index contributed by atoms with van der Waals surface area (Å²) >= 11 is 2.20. The molecule has 1 amide bonds. The Bertz CT molecular complexity index is 1030. The number of amides is 1. The Morgan fingerprint density at radius 3 is 2.96 bits per heavy atom. The first-order valence-corrected chi connectivity index (χ1v) is 8.87. The largest absolute Gasteiger partial charge is 0.383 e. The first-order valence-electron chi connectivity index (χ1n) is 7.79. The number of hydrogen-bond acceptors (Lipinski definition) is 5. The van der Waals surface area contributed by atoms with Crippen molar-refractivity contribution >= 4 is 51.1 Å². The number of pyridine rings is 1. The number of anilines is 1. The average Bonchev–Trinajstić information content (AvgIpc) is 3.00. The molecule has 0 radical (unpaired) electrons. The number of hydrazone groups is 1. The van der Waals surface area contributed by atoms with Gasteiger partial charge in [-0.15, -0.1) is 0 Å². The Morgan fingerprint density at radius 2 is 2.16 bits per heavy atom. The van der Waals surface area contributed by atoms with Crippen LogP contribution >= 0.6 is 22.6 Å². The van der Waals surface area contributed by atoms with E-state index in [1.165, 1.54) is 0 Å². The SMILES string of the molecule is CC1CC(=O)NN=C1c1ccc2[nH]c(-c3cc(I)cnc3N)nc2c1. The lowest BCUT2D eigenvalue weighted by Gasteiger charge is -2.18. The second-order valence-corrected chi connectivity index (χ2v) is 7.29. The second kappa shape index (κ2) is 6.10. The number of aromatic nitrogens is 3. The van der Waals surface area contributed by atoms with Crippen molar-refractivity contribution < 1.29 is 4.79 Å². The molecule has 1 aliphatic heterocycles. The van der Waals surface area contributed by atoms with Crippen molar-refractivity contribution in [3.63, 3.8) is 0 Å². The fourth-order valence-electron chi connectivity index (χ4n) is 2.93. The zero-order valence-corrected chi connectivity index (χ0v) is 15.5. The Kier molecular flexibility index (Phi) is 3.91. The third-order valence-electron chi connectivity index (χ3n) is 4.18. The maximum absolute atomic E-state index is 11.4. The van der Waals surface area contributed by atoms with Crippen molar-refractivity contribution in [3.8, 4) is 11.4 Å². The molecule has 3 aromatic rings. The van der Waals surface area contributed by atoms with E-state index in [1.807, 2.05) is 31.2 Å². The molecular formula is C17H15IN6O. The van der Waals surface area contributed by atoms with Gasteiger partial charge in [0.2, 0.25) is 5.91 Å². The molecule has 0 spiro atoms. The number of hydrogen-bond donors (Lipinski definition) is 3. The third kappa shape index (κ3) is 2.97. The molecule has 4 rings (SSSR count). The molecule has 1 aliphatic rings. The minimum absolute atomic E-state index is 0.0546. The van der Waals surface area contributed by atoms with Crippen LogP contribution in [-0.2, 0) is 4.79 Å². The van der Waals surface area contributed by atoms with Crippen LogP contribution in [0.2, 0.25) is 0 Å². The lowest BCUT2D eigenvalue weighted by atomic mass is 9.94. The second-order valence-electron chi connectivity index (χ2n) is 6.04. The predicted molar refractivity (Wildman–Crippen MR) is 105 cm³/mol. The van der Waals surface area contributed by atoms with Gasteiger partial charge in [-0.3, -0.25) is 4.79 Å². The van der Waals surface area contributed by atoms with Crippen LogP contribution in [0.5, 0.6) is 0 Å². The number of nitrogens with one attached hydrogen (secondary N) is 2. The third-order valence-corrected chi connectivity index (χ3v) is 4.77. The molecule has 1 aromatic carbocycles. The van der Waals surface area contributed by atoms with Gasteiger partial charge in [-0.1, -0.05) is 13.0 Å². The number of nitrogens with zero attached hydrogens (tertiary/aromatic N) is 3. The lowest BCUT2D eigenvalue weighted by Crippen LogP contribution is -2.31. The molecule has 0 aliphatic carbocycles. The summed E-state index contributed by atoms with van der Waals surface area (Å²) in [5.74, 6) is 1.14. The smallest absolute Gasteiger partial charge is 0.240 e. The van der Waals surface area contributed by atoms with Gasteiger partial charge in [-0.05, 0) is 40.8 Å². The Balaban J connectivity index is 1.78. The number of aromatic amines is 1. The van der Waals surface area contributed by atoms with Gasteiger partial charge in [0.1, 0.15) is 11.6 Å². The molecule has 1 unspecified atom stereocenters. The molecular weight excluding hydrogens is 431 g/mol. The van der Waals surface area contributed by atoms with Crippen LogP contribution in [0.3, 0.4) is 0 Å².